The molecule has 1 aromatic carbocycles. The minimum atomic E-state index is -0.453. The maximum absolute atomic E-state index is 12.8. The fourth-order valence-corrected chi connectivity index (χ4v) is 4.65. The summed E-state index contributed by atoms with van der Waals surface area (Å²) in [5.41, 5.74) is 0.864. The Morgan fingerprint density at radius 2 is 1.81 bits per heavy atom. The Bertz CT molecular complexity index is 944. The van der Waals surface area contributed by atoms with Crippen LogP contribution in [0.2, 0.25) is 0 Å². The van der Waals surface area contributed by atoms with Crippen LogP contribution in [0, 0.1) is 11.8 Å². The maximum atomic E-state index is 12.8. The number of methoxy groups -OCH3 is 1. The van der Waals surface area contributed by atoms with Gasteiger partial charge >= 0.3 is 0 Å². The summed E-state index contributed by atoms with van der Waals surface area (Å²) in [4.78, 5) is 43.8. The molecule has 31 heavy (non-hydrogen) atoms. The fraction of sp³-hybridized carbons (Fsp3) is 0.478. The van der Waals surface area contributed by atoms with Crippen molar-refractivity contribution in [2.24, 2.45) is 18.9 Å². The number of amides is 3. The van der Waals surface area contributed by atoms with Crippen LogP contribution in [0.3, 0.4) is 0 Å². The van der Waals surface area contributed by atoms with E-state index in [1.54, 1.807) is 13.3 Å². The van der Waals surface area contributed by atoms with Crippen molar-refractivity contribution in [2.75, 3.05) is 13.7 Å². The number of fused-ring (bicyclic) bond motifs is 1. The highest BCUT2D eigenvalue weighted by Gasteiger charge is 2.47. The average molecular weight is 425 g/mol. The lowest BCUT2D eigenvalue weighted by atomic mass is 9.81. The van der Waals surface area contributed by atoms with Crippen molar-refractivity contribution in [3.63, 3.8) is 0 Å². The third-order valence-corrected chi connectivity index (χ3v) is 6.37. The SMILES string of the molecule is COc1ccc(C(NC(=O)CCN2C(=O)C3CCCCC3C2=O)c2nccn2C)cc1. The molecule has 8 heteroatoms. The molecule has 2 aromatic rings. The van der Waals surface area contributed by atoms with E-state index in [1.807, 2.05) is 42.1 Å². The molecule has 2 aliphatic rings. The van der Waals surface area contributed by atoms with Crippen LogP contribution in [-0.4, -0.2) is 45.8 Å². The number of benzene rings is 1. The van der Waals surface area contributed by atoms with Gasteiger partial charge in [-0.05, 0) is 30.5 Å². The van der Waals surface area contributed by atoms with Crippen LogP contribution in [0.5, 0.6) is 5.75 Å². The summed E-state index contributed by atoms with van der Waals surface area (Å²) < 4.78 is 7.08. The molecule has 8 nitrogen and oxygen atoms in total. The highest BCUT2D eigenvalue weighted by molar-refractivity contribution is 6.05. The fourth-order valence-electron chi connectivity index (χ4n) is 4.65. The third kappa shape index (κ3) is 4.19. The number of ether oxygens (including phenoxy) is 1. The molecule has 164 valence electrons. The zero-order chi connectivity index (χ0) is 22.0. The summed E-state index contributed by atoms with van der Waals surface area (Å²) in [6, 6.07) is 6.99. The molecule has 3 atom stereocenters. The monoisotopic (exact) mass is 424 g/mol. The summed E-state index contributed by atoms with van der Waals surface area (Å²) in [6.07, 6.45) is 7.09. The summed E-state index contributed by atoms with van der Waals surface area (Å²) in [5.74, 6) is 0.572. The van der Waals surface area contributed by atoms with Gasteiger partial charge in [0.1, 0.15) is 17.6 Å². The van der Waals surface area contributed by atoms with Crippen molar-refractivity contribution in [1.29, 1.82) is 0 Å². The number of imide groups is 1. The van der Waals surface area contributed by atoms with E-state index in [9.17, 15) is 14.4 Å². The van der Waals surface area contributed by atoms with Gasteiger partial charge in [-0.1, -0.05) is 25.0 Å². The molecule has 2 heterocycles. The number of aromatic nitrogens is 2. The Balaban J connectivity index is 1.45. The molecule has 1 aliphatic carbocycles. The van der Waals surface area contributed by atoms with Gasteiger partial charge in [0.05, 0.1) is 18.9 Å². The standard InChI is InChI=1S/C23H28N4O4/c1-26-14-12-24-21(26)20(15-7-9-16(31-2)10-8-15)25-19(28)11-13-27-22(29)17-5-3-4-6-18(17)23(27)30/h7-10,12,14,17-18,20H,3-6,11,13H2,1-2H3,(H,25,28). The second-order valence-corrected chi connectivity index (χ2v) is 8.25. The van der Waals surface area contributed by atoms with Crippen molar-refractivity contribution in [2.45, 2.75) is 38.1 Å². The topological polar surface area (TPSA) is 93.5 Å². The van der Waals surface area contributed by atoms with Gasteiger partial charge in [-0.25, -0.2) is 4.98 Å². The Hall–Kier alpha value is -3.16. The summed E-state index contributed by atoms with van der Waals surface area (Å²) >= 11 is 0. The van der Waals surface area contributed by atoms with Crippen LogP contribution in [0.1, 0.15) is 49.5 Å². The summed E-state index contributed by atoms with van der Waals surface area (Å²) in [6.45, 7) is 0.117. The van der Waals surface area contributed by atoms with Crippen molar-refractivity contribution in [1.82, 2.24) is 19.8 Å². The normalized spacial score (nSPS) is 21.7. The Morgan fingerprint density at radius 1 is 1.16 bits per heavy atom. The molecule has 3 unspecified atom stereocenters. The van der Waals surface area contributed by atoms with Gasteiger partial charge < -0.3 is 14.6 Å². The minimum absolute atomic E-state index is 0.0635. The van der Waals surface area contributed by atoms with E-state index in [4.69, 9.17) is 4.74 Å². The molecule has 0 bridgehead atoms. The number of hydrogen-bond donors (Lipinski definition) is 1. The first-order valence-corrected chi connectivity index (χ1v) is 10.8. The molecule has 1 aliphatic heterocycles. The largest absolute Gasteiger partial charge is 0.497 e. The molecule has 1 saturated carbocycles. The van der Waals surface area contributed by atoms with E-state index in [-0.39, 0.29) is 42.5 Å². The second-order valence-electron chi connectivity index (χ2n) is 8.25. The first-order chi connectivity index (χ1) is 15.0. The minimum Gasteiger partial charge on any atom is -0.497 e. The average Bonchev–Trinajstić information content (AvgIpc) is 3.32. The molecular formula is C23H28N4O4. The molecule has 0 radical (unpaired) electrons. The number of imidazole rings is 1. The van der Waals surface area contributed by atoms with Crippen molar-refractivity contribution >= 4 is 17.7 Å². The van der Waals surface area contributed by atoms with Crippen LogP contribution < -0.4 is 10.1 Å². The number of aryl methyl sites for hydroxylation is 1. The van der Waals surface area contributed by atoms with Gasteiger partial charge in [0.15, 0.2) is 0 Å². The Kier molecular flexibility index (Phi) is 6.06. The Labute approximate surface area is 181 Å². The number of hydrogen-bond acceptors (Lipinski definition) is 5. The van der Waals surface area contributed by atoms with Gasteiger partial charge in [-0.2, -0.15) is 0 Å². The summed E-state index contributed by atoms with van der Waals surface area (Å²) in [7, 11) is 3.47. The van der Waals surface area contributed by atoms with Gasteiger partial charge in [0, 0.05) is 32.4 Å². The predicted molar refractivity (Wildman–Crippen MR) is 113 cm³/mol. The zero-order valence-electron chi connectivity index (χ0n) is 17.9. The number of carbonyl (C=O) groups excluding carboxylic acids is 3. The Morgan fingerprint density at radius 3 is 2.35 bits per heavy atom. The van der Waals surface area contributed by atoms with Crippen LogP contribution in [0.25, 0.3) is 0 Å². The first kappa shape index (κ1) is 21.1. The van der Waals surface area contributed by atoms with E-state index in [2.05, 4.69) is 10.3 Å². The van der Waals surface area contributed by atoms with Gasteiger partial charge in [0.25, 0.3) is 0 Å². The molecule has 0 spiro atoms. The smallest absolute Gasteiger partial charge is 0.233 e. The van der Waals surface area contributed by atoms with Crippen molar-refractivity contribution in [3.8, 4) is 5.75 Å². The van der Waals surface area contributed by atoms with Crippen LogP contribution in [-0.2, 0) is 21.4 Å². The van der Waals surface area contributed by atoms with E-state index in [1.165, 1.54) is 4.90 Å². The molecule has 1 aromatic heterocycles. The van der Waals surface area contributed by atoms with E-state index >= 15 is 0 Å². The van der Waals surface area contributed by atoms with Gasteiger partial charge in [-0.3, -0.25) is 19.3 Å². The highest BCUT2D eigenvalue weighted by atomic mass is 16.5. The van der Waals surface area contributed by atoms with E-state index in [0.717, 1.165) is 37.0 Å². The lowest BCUT2D eigenvalue weighted by Crippen LogP contribution is -2.37. The predicted octanol–water partition coefficient (Wildman–Crippen LogP) is 2.20. The molecule has 4 rings (SSSR count). The highest BCUT2D eigenvalue weighted by Crippen LogP contribution is 2.38. The van der Waals surface area contributed by atoms with E-state index < -0.39 is 6.04 Å². The number of likely N-dealkylation sites (tertiary alicyclic amines) is 1. The lowest BCUT2D eigenvalue weighted by molar-refractivity contribution is -0.140. The molecule has 3 amide bonds. The zero-order valence-corrected chi connectivity index (χ0v) is 17.9. The van der Waals surface area contributed by atoms with Crippen LogP contribution >= 0.6 is 0 Å². The molecule has 1 saturated heterocycles. The number of carbonyl (C=O) groups is 3. The first-order valence-electron chi connectivity index (χ1n) is 10.8. The molecule has 1 N–H and O–H groups in total. The third-order valence-electron chi connectivity index (χ3n) is 6.37. The van der Waals surface area contributed by atoms with Crippen molar-refractivity contribution < 1.29 is 19.1 Å². The lowest BCUT2D eigenvalue weighted by Gasteiger charge is -2.20. The van der Waals surface area contributed by atoms with Crippen molar-refractivity contribution in [3.05, 3.63) is 48.0 Å². The number of nitrogens with zero attached hydrogens (tertiary/aromatic N) is 3. The van der Waals surface area contributed by atoms with Crippen LogP contribution in [0.15, 0.2) is 36.7 Å². The number of nitrogens with one attached hydrogen (secondary N) is 1. The molecular weight excluding hydrogens is 396 g/mol. The second kappa shape index (κ2) is 8.91. The van der Waals surface area contributed by atoms with Crippen LogP contribution in [0.4, 0.5) is 0 Å². The van der Waals surface area contributed by atoms with E-state index in [0.29, 0.717) is 5.82 Å². The van der Waals surface area contributed by atoms with Gasteiger partial charge in [0.2, 0.25) is 17.7 Å². The molecule has 2 fully saturated rings. The maximum Gasteiger partial charge on any atom is 0.233 e. The number of rotatable bonds is 7. The quantitative estimate of drug-likeness (QED) is 0.688. The summed E-state index contributed by atoms with van der Waals surface area (Å²) in [5, 5.41) is 3.02. The van der Waals surface area contributed by atoms with Gasteiger partial charge in [-0.15, -0.1) is 0 Å².